The van der Waals surface area contributed by atoms with Crippen LogP contribution in [0.25, 0.3) is 0 Å². The standard InChI is InChI=1S/C12H10ClNO4/c1-14-7-5-3-4-6(13)8(7)10(15)9(11(14)16)12(17)18-2/h3-5,9H,1-2H3. The van der Waals surface area contributed by atoms with E-state index in [2.05, 4.69) is 4.74 Å². The normalized spacial score (nSPS) is 18.6. The molecule has 0 saturated carbocycles. The quantitative estimate of drug-likeness (QED) is 0.568. The summed E-state index contributed by atoms with van der Waals surface area (Å²) in [5.41, 5.74) is 0.578. The molecule has 0 fully saturated rings. The van der Waals surface area contributed by atoms with Crippen LogP contribution in [0.2, 0.25) is 5.02 Å². The number of ketones is 1. The summed E-state index contributed by atoms with van der Waals surface area (Å²) in [5, 5.41) is 0.214. The number of hydrogen-bond donors (Lipinski definition) is 0. The smallest absolute Gasteiger partial charge is 0.326 e. The monoisotopic (exact) mass is 267 g/mol. The van der Waals surface area contributed by atoms with Gasteiger partial charge < -0.3 is 9.64 Å². The minimum absolute atomic E-state index is 0.177. The molecule has 1 unspecified atom stereocenters. The Labute approximate surface area is 108 Å². The van der Waals surface area contributed by atoms with Crippen LogP contribution in [-0.2, 0) is 14.3 Å². The van der Waals surface area contributed by atoms with E-state index in [1.54, 1.807) is 12.1 Å². The second kappa shape index (κ2) is 4.42. The number of anilines is 1. The molecule has 0 aromatic heterocycles. The van der Waals surface area contributed by atoms with Gasteiger partial charge in [0.25, 0.3) is 0 Å². The molecule has 5 nitrogen and oxygen atoms in total. The average molecular weight is 268 g/mol. The van der Waals surface area contributed by atoms with Gasteiger partial charge in [-0.05, 0) is 12.1 Å². The highest BCUT2D eigenvalue weighted by atomic mass is 35.5. The van der Waals surface area contributed by atoms with Gasteiger partial charge in [-0.3, -0.25) is 14.4 Å². The zero-order valence-electron chi connectivity index (χ0n) is 9.77. The Bertz CT molecular complexity index is 555. The Kier molecular flexibility index (Phi) is 3.09. The van der Waals surface area contributed by atoms with E-state index >= 15 is 0 Å². The highest BCUT2D eigenvalue weighted by molar-refractivity contribution is 6.39. The maximum absolute atomic E-state index is 12.2. The van der Waals surface area contributed by atoms with Gasteiger partial charge in [0, 0.05) is 7.05 Å². The molecule has 6 heteroatoms. The van der Waals surface area contributed by atoms with Crippen molar-refractivity contribution in [1.29, 1.82) is 0 Å². The fraction of sp³-hybridized carbons (Fsp3) is 0.250. The maximum atomic E-state index is 12.2. The number of fused-ring (bicyclic) bond motifs is 1. The van der Waals surface area contributed by atoms with E-state index in [4.69, 9.17) is 11.6 Å². The summed E-state index contributed by atoms with van der Waals surface area (Å²) < 4.78 is 4.48. The van der Waals surface area contributed by atoms with Gasteiger partial charge in [0.1, 0.15) is 0 Å². The first-order chi connectivity index (χ1) is 8.49. The lowest BCUT2D eigenvalue weighted by atomic mass is 9.90. The average Bonchev–Trinajstić information content (AvgIpc) is 2.35. The Morgan fingerprint density at radius 1 is 1.39 bits per heavy atom. The van der Waals surface area contributed by atoms with Gasteiger partial charge >= 0.3 is 5.97 Å². The van der Waals surface area contributed by atoms with Crippen LogP contribution in [-0.4, -0.2) is 31.8 Å². The number of methoxy groups -OCH3 is 1. The number of amides is 1. The van der Waals surface area contributed by atoms with Crippen molar-refractivity contribution in [3.05, 3.63) is 28.8 Å². The van der Waals surface area contributed by atoms with Gasteiger partial charge in [-0.15, -0.1) is 0 Å². The molecule has 1 aromatic rings. The highest BCUT2D eigenvalue weighted by Gasteiger charge is 2.44. The predicted molar refractivity (Wildman–Crippen MR) is 64.7 cm³/mol. The summed E-state index contributed by atoms with van der Waals surface area (Å²) >= 11 is 5.95. The zero-order chi connectivity index (χ0) is 13.4. The van der Waals surface area contributed by atoms with Crippen LogP contribution in [0.1, 0.15) is 10.4 Å². The maximum Gasteiger partial charge on any atom is 0.326 e. The van der Waals surface area contributed by atoms with E-state index in [1.165, 1.54) is 18.0 Å². The van der Waals surface area contributed by atoms with Crippen molar-refractivity contribution in [3.63, 3.8) is 0 Å². The van der Waals surface area contributed by atoms with Crippen LogP contribution in [0.15, 0.2) is 18.2 Å². The number of carbonyl (C=O) groups is 3. The van der Waals surface area contributed by atoms with E-state index in [1.807, 2.05) is 0 Å². The number of hydrogen-bond acceptors (Lipinski definition) is 4. The van der Waals surface area contributed by atoms with E-state index in [9.17, 15) is 14.4 Å². The van der Waals surface area contributed by atoms with E-state index in [0.29, 0.717) is 5.69 Å². The summed E-state index contributed by atoms with van der Waals surface area (Å²) in [7, 11) is 2.62. The van der Waals surface area contributed by atoms with Crippen LogP contribution in [0, 0.1) is 5.92 Å². The first kappa shape index (κ1) is 12.6. The molecule has 0 radical (unpaired) electrons. The third-order valence-corrected chi connectivity index (χ3v) is 3.19. The van der Waals surface area contributed by atoms with Crippen LogP contribution >= 0.6 is 11.6 Å². The van der Waals surface area contributed by atoms with Crippen molar-refractivity contribution in [2.45, 2.75) is 0 Å². The van der Waals surface area contributed by atoms with Gasteiger partial charge in [0.15, 0.2) is 11.7 Å². The van der Waals surface area contributed by atoms with Crippen LogP contribution in [0.5, 0.6) is 0 Å². The Balaban J connectivity index is 2.62. The number of ether oxygens (including phenoxy) is 1. The predicted octanol–water partition coefficient (Wildman–Crippen LogP) is 1.29. The number of Topliss-reactive ketones (excluding diaryl/α,β-unsaturated/α-hetero) is 1. The molecular weight excluding hydrogens is 258 g/mol. The van der Waals surface area contributed by atoms with Crippen LogP contribution in [0.3, 0.4) is 0 Å². The molecular formula is C12H10ClNO4. The molecule has 0 bridgehead atoms. The Morgan fingerprint density at radius 3 is 2.67 bits per heavy atom. The molecule has 0 N–H and O–H groups in total. The van der Waals surface area contributed by atoms with Crippen molar-refractivity contribution >= 4 is 34.9 Å². The molecule has 1 aromatic carbocycles. The topological polar surface area (TPSA) is 63.7 Å². The van der Waals surface area contributed by atoms with E-state index < -0.39 is 23.6 Å². The van der Waals surface area contributed by atoms with Crippen molar-refractivity contribution in [2.75, 3.05) is 19.1 Å². The molecule has 94 valence electrons. The molecule has 18 heavy (non-hydrogen) atoms. The van der Waals surface area contributed by atoms with E-state index in [0.717, 1.165) is 7.11 Å². The molecule has 0 saturated heterocycles. The molecule has 1 atom stereocenters. The number of carbonyl (C=O) groups excluding carboxylic acids is 3. The minimum Gasteiger partial charge on any atom is -0.468 e. The second-order valence-electron chi connectivity index (χ2n) is 3.85. The minimum atomic E-state index is -1.47. The lowest BCUT2D eigenvalue weighted by molar-refractivity contribution is -0.147. The highest BCUT2D eigenvalue weighted by Crippen LogP contribution is 2.34. The third-order valence-electron chi connectivity index (χ3n) is 2.88. The molecule has 1 aliphatic heterocycles. The fourth-order valence-corrected chi connectivity index (χ4v) is 2.19. The largest absolute Gasteiger partial charge is 0.468 e. The van der Waals surface area contributed by atoms with Crippen molar-refractivity contribution < 1.29 is 19.1 Å². The first-order valence-corrected chi connectivity index (χ1v) is 5.55. The first-order valence-electron chi connectivity index (χ1n) is 5.17. The van der Waals surface area contributed by atoms with Gasteiger partial charge in [-0.25, -0.2) is 0 Å². The van der Waals surface area contributed by atoms with Gasteiger partial charge in [-0.1, -0.05) is 17.7 Å². The molecule has 2 rings (SSSR count). The molecule has 0 spiro atoms. The molecule has 1 amide bonds. The molecule has 0 aliphatic carbocycles. The zero-order valence-corrected chi connectivity index (χ0v) is 10.5. The Hall–Kier alpha value is -1.88. The summed E-state index contributed by atoms with van der Waals surface area (Å²) in [5.74, 6) is -3.57. The van der Waals surface area contributed by atoms with Gasteiger partial charge in [-0.2, -0.15) is 0 Å². The third kappa shape index (κ3) is 1.67. The van der Waals surface area contributed by atoms with Crippen LogP contribution < -0.4 is 4.90 Å². The number of nitrogens with zero attached hydrogens (tertiary/aromatic N) is 1. The summed E-state index contributed by atoms with van der Waals surface area (Å²) in [6, 6.07) is 4.78. The van der Waals surface area contributed by atoms with Crippen molar-refractivity contribution in [2.24, 2.45) is 5.92 Å². The SMILES string of the molecule is COC(=O)C1C(=O)c2c(Cl)cccc2N(C)C1=O. The van der Waals surface area contributed by atoms with E-state index in [-0.39, 0.29) is 10.6 Å². The lowest BCUT2D eigenvalue weighted by Gasteiger charge is -2.29. The lowest BCUT2D eigenvalue weighted by Crippen LogP contribution is -2.46. The summed E-state index contributed by atoms with van der Waals surface area (Å²) in [4.78, 5) is 36.9. The van der Waals surface area contributed by atoms with Gasteiger partial charge in [0.2, 0.25) is 5.91 Å². The summed E-state index contributed by atoms with van der Waals surface area (Å²) in [6.07, 6.45) is 0. The number of halogens is 1. The summed E-state index contributed by atoms with van der Waals surface area (Å²) in [6.45, 7) is 0. The van der Waals surface area contributed by atoms with Crippen molar-refractivity contribution in [1.82, 2.24) is 0 Å². The van der Waals surface area contributed by atoms with Crippen molar-refractivity contribution in [3.8, 4) is 0 Å². The Morgan fingerprint density at radius 2 is 2.06 bits per heavy atom. The van der Waals surface area contributed by atoms with Crippen LogP contribution in [0.4, 0.5) is 5.69 Å². The second-order valence-corrected chi connectivity index (χ2v) is 4.26. The molecule has 1 aliphatic rings. The number of esters is 1. The fourth-order valence-electron chi connectivity index (χ4n) is 1.93. The number of rotatable bonds is 1. The number of benzene rings is 1. The van der Waals surface area contributed by atoms with Gasteiger partial charge in [0.05, 0.1) is 23.4 Å². The molecule has 1 heterocycles.